The average molecular weight is 409 g/mol. The van der Waals surface area contributed by atoms with Gasteiger partial charge in [-0.25, -0.2) is 0 Å². The number of thioether (sulfide) groups is 1. The maximum atomic E-state index is 5.55. The van der Waals surface area contributed by atoms with Crippen molar-refractivity contribution in [2.45, 2.75) is 18.5 Å². The summed E-state index contributed by atoms with van der Waals surface area (Å²) in [6.45, 7) is 5.20. The molecule has 2 fully saturated rings. The molecule has 2 N–H and O–H groups in total. The van der Waals surface area contributed by atoms with Crippen molar-refractivity contribution >= 4 is 17.7 Å². The molecule has 3 rings (SSSR count). The predicted molar refractivity (Wildman–Crippen MR) is 115 cm³/mol. The second-order valence-corrected chi connectivity index (χ2v) is 8.19. The molecular formula is C20H32N4O3S. The lowest BCUT2D eigenvalue weighted by atomic mass is 9.95. The van der Waals surface area contributed by atoms with Crippen molar-refractivity contribution in [3.8, 4) is 11.5 Å². The molecule has 1 aromatic rings. The fourth-order valence-corrected chi connectivity index (χ4v) is 5.26. The maximum absolute atomic E-state index is 5.55. The molecule has 28 heavy (non-hydrogen) atoms. The van der Waals surface area contributed by atoms with Gasteiger partial charge in [-0.05, 0) is 24.3 Å². The average Bonchev–Trinajstić information content (AvgIpc) is 3.24. The monoisotopic (exact) mass is 408 g/mol. The largest absolute Gasteiger partial charge is 0.497 e. The second-order valence-electron chi connectivity index (χ2n) is 7.08. The van der Waals surface area contributed by atoms with Crippen LogP contribution in [0.3, 0.4) is 0 Å². The van der Waals surface area contributed by atoms with Crippen LogP contribution in [0.2, 0.25) is 0 Å². The van der Waals surface area contributed by atoms with E-state index in [1.807, 2.05) is 37.0 Å². The molecule has 0 amide bonds. The molecule has 1 atom stereocenters. The van der Waals surface area contributed by atoms with Crippen molar-refractivity contribution in [3.05, 3.63) is 23.8 Å². The van der Waals surface area contributed by atoms with Crippen LogP contribution in [-0.4, -0.2) is 82.0 Å². The first-order valence-corrected chi connectivity index (χ1v) is 10.9. The van der Waals surface area contributed by atoms with E-state index in [2.05, 4.69) is 20.5 Å². The van der Waals surface area contributed by atoms with Gasteiger partial charge in [-0.1, -0.05) is 0 Å². The molecule has 0 bridgehead atoms. The Balaban J connectivity index is 1.58. The zero-order chi connectivity index (χ0) is 19.8. The number of rotatable bonds is 7. The summed E-state index contributed by atoms with van der Waals surface area (Å²) in [5.41, 5.74) is 1.25. The highest BCUT2D eigenvalue weighted by Gasteiger charge is 2.40. The van der Waals surface area contributed by atoms with E-state index in [-0.39, 0.29) is 5.54 Å². The third kappa shape index (κ3) is 5.04. The number of guanidine groups is 1. The van der Waals surface area contributed by atoms with Crippen LogP contribution in [0, 0.1) is 0 Å². The summed E-state index contributed by atoms with van der Waals surface area (Å²) in [7, 11) is 5.14. The summed E-state index contributed by atoms with van der Waals surface area (Å²) in [4.78, 5) is 7.01. The molecule has 2 heterocycles. The van der Waals surface area contributed by atoms with E-state index in [0.717, 1.165) is 61.6 Å². The van der Waals surface area contributed by atoms with Crippen LogP contribution in [0.5, 0.6) is 11.5 Å². The van der Waals surface area contributed by atoms with E-state index in [0.29, 0.717) is 6.54 Å². The van der Waals surface area contributed by atoms with Crippen molar-refractivity contribution in [3.63, 3.8) is 0 Å². The van der Waals surface area contributed by atoms with Crippen molar-refractivity contribution in [1.82, 2.24) is 15.5 Å². The number of nitrogens with zero attached hydrogens (tertiary/aromatic N) is 2. The van der Waals surface area contributed by atoms with E-state index in [9.17, 15) is 0 Å². The van der Waals surface area contributed by atoms with Crippen LogP contribution in [0.1, 0.15) is 12.0 Å². The van der Waals surface area contributed by atoms with Gasteiger partial charge in [-0.3, -0.25) is 9.89 Å². The van der Waals surface area contributed by atoms with Gasteiger partial charge >= 0.3 is 0 Å². The van der Waals surface area contributed by atoms with Crippen LogP contribution in [0.4, 0.5) is 0 Å². The summed E-state index contributed by atoms with van der Waals surface area (Å²) >= 11 is 2.04. The topological polar surface area (TPSA) is 67.4 Å². The van der Waals surface area contributed by atoms with Gasteiger partial charge in [0.1, 0.15) is 11.5 Å². The Morgan fingerprint density at radius 2 is 2.07 bits per heavy atom. The highest BCUT2D eigenvalue weighted by molar-refractivity contribution is 7.99. The number of benzene rings is 1. The molecule has 0 spiro atoms. The molecule has 8 heteroatoms. The van der Waals surface area contributed by atoms with Crippen LogP contribution < -0.4 is 20.1 Å². The van der Waals surface area contributed by atoms with Crippen molar-refractivity contribution in [1.29, 1.82) is 0 Å². The van der Waals surface area contributed by atoms with Gasteiger partial charge in [-0.15, -0.1) is 0 Å². The highest BCUT2D eigenvalue weighted by Crippen LogP contribution is 2.33. The number of hydrogen-bond acceptors (Lipinski definition) is 6. The molecule has 7 nitrogen and oxygen atoms in total. The predicted octanol–water partition coefficient (Wildman–Crippen LogP) is 1.58. The number of aliphatic imine (C=N–C) groups is 1. The summed E-state index contributed by atoms with van der Waals surface area (Å²) in [6, 6.07) is 5.86. The summed E-state index contributed by atoms with van der Waals surface area (Å²) in [5, 5.41) is 6.97. The van der Waals surface area contributed by atoms with E-state index < -0.39 is 0 Å². The Hall–Kier alpha value is -1.64. The standard InChI is InChI=1S/C20H32N4O3S/c1-21-19(22-13-16-4-5-17(25-2)12-18(16)26-3)23-14-20(6-11-28-15-20)24-7-9-27-10-8-24/h4-5,12H,6-11,13-15H2,1-3H3,(H2,21,22,23). The molecule has 156 valence electrons. The lowest BCUT2D eigenvalue weighted by molar-refractivity contribution is -0.0120. The van der Waals surface area contributed by atoms with E-state index in [1.165, 1.54) is 12.2 Å². The number of hydrogen-bond donors (Lipinski definition) is 2. The molecular weight excluding hydrogens is 376 g/mol. The van der Waals surface area contributed by atoms with Gasteiger partial charge < -0.3 is 24.8 Å². The minimum atomic E-state index is 0.184. The number of methoxy groups -OCH3 is 2. The van der Waals surface area contributed by atoms with Gasteiger partial charge in [0.2, 0.25) is 0 Å². The molecule has 0 saturated carbocycles. The Morgan fingerprint density at radius 1 is 1.25 bits per heavy atom. The highest BCUT2D eigenvalue weighted by atomic mass is 32.2. The quantitative estimate of drug-likeness (QED) is 0.524. The third-order valence-electron chi connectivity index (χ3n) is 5.51. The van der Waals surface area contributed by atoms with Gasteiger partial charge in [-0.2, -0.15) is 11.8 Å². The first-order valence-electron chi connectivity index (χ1n) is 9.77. The SMILES string of the molecule is CN=C(NCc1ccc(OC)cc1OC)NCC1(N2CCOCC2)CCSC1. The fraction of sp³-hybridized carbons (Fsp3) is 0.650. The zero-order valence-corrected chi connectivity index (χ0v) is 17.9. The van der Waals surface area contributed by atoms with Crippen LogP contribution in [0.25, 0.3) is 0 Å². The van der Waals surface area contributed by atoms with Gasteiger partial charge in [0.25, 0.3) is 0 Å². The van der Waals surface area contributed by atoms with E-state index in [4.69, 9.17) is 14.2 Å². The van der Waals surface area contributed by atoms with Crippen LogP contribution in [-0.2, 0) is 11.3 Å². The molecule has 2 saturated heterocycles. The molecule has 0 aromatic heterocycles. The Bertz CT molecular complexity index is 659. The third-order valence-corrected chi connectivity index (χ3v) is 6.75. The maximum Gasteiger partial charge on any atom is 0.191 e. The van der Waals surface area contributed by atoms with Crippen molar-refractivity contribution in [2.75, 3.05) is 65.6 Å². The van der Waals surface area contributed by atoms with Crippen molar-refractivity contribution in [2.24, 2.45) is 4.99 Å². The van der Waals surface area contributed by atoms with E-state index >= 15 is 0 Å². The lowest BCUT2D eigenvalue weighted by Crippen LogP contribution is -2.60. The molecule has 2 aliphatic rings. The normalized spacial score (nSPS) is 23.5. The summed E-state index contributed by atoms with van der Waals surface area (Å²) < 4.78 is 16.3. The molecule has 2 aliphatic heterocycles. The zero-order valence-electron chi connectivity index (χ0n) is 17.1. The Labute approximate surface area is 172 Å². The first-order chi connectivity index (χ1) is 13.7. The smallest absolute Gasteiger partial charge is 0.191 e. The molecule has 0 radical (unpaired) electrons. The van der Waals surface area contributed by atoms with E-state index in [1.54, 1.807) is 14.2 Å². The number of ether oxygens (including phenoxy) is 3. The van der Waals surface area contributed by atoms with Gasteiger partial charge in [0, 0.05) is 56.1 Å². The molecule has 1 aromatic carbocycles. The summed E-state index contributed by atoms with van der Waals surface area (Å²) in [5.74, 6) is 4.77. The Morgan fingerprint density at radius 3 is 2.71 bits per heavy atom. The minimum Gasteiger partial charge on any atom is -0.497 e. The van der Waals surface area contributed by atoms with Crippen LogP contribution in [0.15, 0.2) is 23.2 Å². The fourth-order valence-electron chi connectivity index (χ4n) is 3.78. The Kier molecular flexibility index (Phi) is 7.70. The molecule has 0 aliphatic carbocycles. The minimum absolute atomic E-state index is 0.184. The van der Waals surface area contributed by atoms with Gasteiger partial charge in [0.05, 0.1) is 27.4 Å². The first kappa shape index (κ1) is 21.1. The van der Waals surface area contributed by atoms with Crippen LogP contribution >= 0.6 is 11.8 Å². The number of nitrogens with one attached hydrogen (secondary N) is 2. The summed E-state index contributed by atoms with van der Waals surface area (Å²) in [6.07, 6.45) is 1.20. The van der Waals surface area contributed by atoms with Gasteiger partial charge in [0.15, 0.2) is 5.96 Å². The number of morpholine rings is 1. The lowest BCUT2D eigenvalue weighted by Gasteiger charge is -2.43. The second kappa shape index (κ2) is 10.2. The van der Waals surface area contributed by atoms with Crippen molar-refractivity contribution < 1.29 is 14.2 Å². The molecule has 1 unspecified atom stereocenters.